The van der Waals surface area contributed by atoms with Crippen molar-refractivity contribution in [2.24, 2.45) is 0 Å². The summed E-state index contributed by atoms with van der Waals surface area (Å²) in [6.07, 6.45) is 0.935. The summed E-state index contributed by atoms with van der Waals surface area (Å²) >= 11 is 1.38. The number of aromatic nitrogens is 3. The molecule has 0 fully saturated rings. The Bertz CT molecular complexity index is 937. The minimum absolute atomic E-state index is 0.0526. The first-order chi connectivity index (χ1) is 13.0. The van der Waals surface area contributed by atoms with Crippen LogP contribution in [0.5, 0.6) is 0 Å². The van der Waals surface area contributed by atoms with Crippen LogP contribution in [0.1, 0.15) is 36.2 Å². The normalized spacial score (nSPS) is 12.1. The molecule has 6 heteroatoms. The highest BCUT2D eigenvalue weighted by molar-refractivity contribution is 8.00. The van der Waals surface area contributed by atoms with Gasteiger partial charge in [-0.3, -0.25) is 4.79 Å². The second kappa shape index (κ2) is 8.48. The molecule has 2 aromatic carbocycles. The van der Waals surface area contributed by atoms with Crippen LogP contribution in [0.4, 0.5) is 4.39 Å². The number of carbonyl (C=O) groups is 1. The van der Waals surface area contributed by atoms with Gasteiger partial charge in [-0.25, -0.2) is 4.39 Å². The largest absolute Gasteiger partial charge is 0.302 e. The molecule has 0 bridgehead atoms. The fraction of sp³-hybridized carbons (Fsp3) is 0.286. The molecule has 4 nitrogen and oxygen atoms in total. The lowest BCUT2D eigenvalue weighted by Crippen LogP contribution is -2.15. The molecular formula is C21H22FN3OS. The van der Waals surface area contributed by atoms with Crippen LogP contribution in [-0.2, 0) is 6.54 Å². The second-order valence-corrected chi connectivity index (χ2v) is 7.77. The van der Waals surface area contributed by atoms with Gasteiger partial charge in [-0.15, -0.1) is 10.2 Å². The predicted molar refractivity (Wildman–Crippen MR) is 107 cm³/mol. The number of rotatable bonds is 7. The molecule has 140 valence electrons. The van der Waals surface area contributed by atoms with Crippen molar-refractivity contribution in [2.45, 2.75) is 44.1 Å². The highest BCUT2D eigenvalue weighted by Gasteiger charge is 2.21. The number of Topliss-reactive ketones (excluding diaryl/α,β-unsaturated/α-hetero) is 1. The van der Waals surface area contributed by atoms with Gasteiger partial charge in [0.05, 0.1) is 5.25 Å². The Kier molecular flexibility index (Phi) is 6.06. The Morgan fingerprint density at radius 1 is 1.19 bits per heavy atom. The van der Waals surface area contributed by atoms with E-state index in [1.54, 1.807) is 0 Å². The highest BCUT2D eigenvalue weighted by Crippen LogP contribution is 2.29. The molecule has 1 aromatic heterocycles. The molecule has 3 aromatic rings. The summed E-state index contributed by atoms with van der Waals surface area (Å²) in [6, 6.07) is 13.8. The van der Waals surface area contributed by atoms with Crippen molar-refractivity contribution in [2.75, 3.05) is 0 Å². The number of ketones is 1. The van der Waals surface area contributed by atoms with Crippen LogP contribution in [0.25, 0.3) is 11.4 Å². The Hall–Kier alpha value is -2.47. The molecule has 0 spiro atoms. The first-order valence-corrected chi connectivity index (χ1v) is 9.84. The van der Waals surface area contributed by atoms with Crippen molar-refractivity contribution >= 4 is 17.5 Å². The quantitative estimate of drug-likeness (QED) is 0.417. The van der Waals surface area contributed by atoms with Gasteiger partial charge < -0.3 is 4.57 Å². The third-order valence-corrected chi connectivity index (χ3v) is 5.30. The van der Waals surface area contributed by atoms with Crippen LogP contribution in [0.2, 0.25) is 0 Å². The van der Waals surface area contributed by atoms with Crippen molar-refractivity contribution in [3.63, 3.8) is 0 Å². The molecule has 1 atom stereocenters. The van der Waals surface area contributed by atoms with Crippen molar-refractivity contribution in [1.29, 1.82) is 0 Å². The van der Waals surface area contributed by atoms with E-state index >= 15 is 0 Å². The number of hydrogen-bond donors (Lipinski definition) is 0. The standard InChI is InChI=1S/C21H22FN3OS/c1-4-12-25-20(17-7-5-6-14(2)13-17)23-24-21(25)27-15(3)19(26)16-8-10-18(22)11-9-16/h5-11,13,15H,4,12H2,1-3H3. The predicted octanol–water partition coefficient (Wildman–Crippen LogP) is 5.17. The number of benzene rings is 2. The minimum atomic E-state index is -0.350. The Balaban J connectivity index is 1.86. The van der Waals surface area contributed by atoms with E-state index in [4.69, 9.17) is 0 Å². The Morgan fingerprint density at radius 2 is 1.93 bits per heavy atom. The van der Waals surface area contributed by atoms with Crippen molar-refractivity contribution in [3.8, 4) is 11.4 Å². The zero-order chi connectivity index (χ0) is 19.4. The van der Waals surface area contributed by atoms with Crippen LogP contribution in [-0.4, -0.2) is 25.8 Å². The molecular weight excluding hydrogens is 361 g/mol. The summed E-state index contributed by atoms with van der Waals surface area (Å²) in [7, 11) is 0. The topological polar surface area (TPSA) is 47.8 Å². The van der Waals surface area contributed by atoms with Crippen molar-refractivity contribution in [1.82, 2.24) is 14.8 Å². The van der Waals surface area contributed by atoms with E-state index in [9.17, 15) is 9.18 Å². The van der Waals surface area contributed by atoms with Gasteiger partial charge >= 0.3 is 0 Å². The van der Waals surface area contributed by atoms with E-state index in [1.165, 1.54) is 36.0 Å². The number of carbonyl (C=O) groups excluding carboxylic acids is 1. The summed E-state index contributed by atoms with van der Waals surface area (Å²) in [4.78, 5) is 12.7. The first-order valence-electron chi connectivity index (χ1n) is 8.96. The molecule has 0 aliphatic heterocycles. The van der Waals surface area contributed by atoms with Crippen molar-refractivity contribution in [3.05, 3.63) is 65.5 Å². The van der Waals surface area contributed by atoms with Crippen LogP contribution in [0, 0.1) is 12.7 Å². The van der Waals surface area contributed by atoms with Gasteiger partial charge in [-0.1, -0.05) is 42.4 Å². The third-order valence-electron chi connectivity index (χ3n) is 4.22. The Morgan fingerprint density at radius 3 is 2.59 bits per heavy atom. The third kappa shape index (κ3) is 4.45. The molecule has 0 saturated heterocycles. The number of thioether (sulfide) groups is 1. The molecule has 0 amide bonds. The summed E-state index contributed by atoms with van der Waals surface area (Å²) < 4.78 is 15.2. The zero-order valence-electron chi connectivity index (χ0n) is 15.6. The molecule has 1 heterocycles. The van der Waals surface area contributed by atoms with Gasteiger partial charge in [0, 0.05) is 17.7 Å². The fourth-order valence-corrected chi connectivity index (χ4v) is 3.81. The maximum absolute atomic E-state index is 13.1. The number of halogens is 1. The molecule has 0 saturated carbocycles. The van der Waals surface area contributed by atoms with Gasteiger partial charge in [-0.05, 0) is 50.6 Å². The average molecular weight is 383 g/mol. The highest BCUT2D eigenvalue weighted by atomic mass is 32.2. The molecule has 0 N–H and O–H groups in total. The van der Waals surface area contributed by atoms with E-state index in [1.807, 2.05) is 32.0 Å². The lowest BCUT2D eigenvalue weighted by molar-refractivity contribution is 0.0994. The Labute approximate surface area is 162 Å². The maximum Gasteiger partial charge on any atom is 0.192 e. The van der Waals surface area contributed by atoms with Crippen LogP contribution in [0.3, 0.4) is 0 Å². The second-order valence-electron chi connectivity index (χ2n) is 6.46. The molecule has 0 radical (unpaired) electrons. The molecule has 3 rings (SSSR count). The summed E-state index contributed by atoms with van der Waals surface area (Å²) in [5, 5.41) is 9.08. The zero-order valence-corrected chi connectivity index (χ0v) is 16.5. The van der Waals surface area contributed by atoms with Gasteiger partial charge in [0.25, 0.3) is 0 Å². The maximum atomic E-state index is 13.1. The van der Waals surface area contributed by atoms with E-state index in [2.05, 4.69) is 27.8 Å². The SMILES string of the molecule is CCCn1c(SC(C)C(=O)c2ccc(F)cc2)nnc1-c1cccc(C)c1. The monoisotopic (exact) mass is 383 g/mol. The van der Waals surface area contributed by atoms with Gasteiger partial charge in [0.15, 0.2) is 16.8 Å². The average Bonchev–Trinajstić information content (AvgIpc) is 3.04. The summed E-state index contributed by atoms with van der Waals surface area (Å²) in [5.41, 5.74) is 2.67. The number of aryl methyl sites for hydroxylation is 1. The number of hydrogen-bond acceptors (Lipinski definition) is 4. The smallest absolute Gasteiger partial charge is 0.192 e. The van der Waals surface area contributed by atoms with E-state index in [0.717, 1.165) is 35.1 Å². The molecule has 0 aliphatic rings. The van der Waals surface area contributed by atoms with E-state index in [-0.39, 0.29) is 16.9 Å². The van der Waals surface area contributed by atoms with Gasteiger partial charge in [0.2, 0.25) is 0 Å². The van der Waals surface area contributed by atoms with Gasteiger partial charge in [0.1, 0.15) is 5.82 Å². The van der Waals surface area contributed by atoms with Gasteiger partial charge in [-0.2, -0.15) is 0 Å². The van der Waals surface area contributed by atoms with Crippen LogP contribution < -0.4 is 0 Å². The van der Waals surface area contributed by atoms with Crippen LogP contribution >= 0.6 is 11.8 Å². The lowest BCUT2D eigenvalue weighted by atomic mass is 10.1. The minimum Gasteiger partial charge on any atom is -0.302 e. The van der Waals surface area contributed by atoms with Crippen LogP contribution in [0.15, 0.2) is 53.7 Å². The van der Waals surface area contributed by atoms with Crippen molar-refractivity contribution < 1.29 is 9.18 Å². The molecule has 1 unspecified atom stereocenters. The fourth-order valence-electron chi connectivity index (χ4n) is 2.86. The summed E-state index contributed by atoms with van der Waals surface area (Å²) in [5.74, 6) is 0.407. The first kappa shape index (κ1) is 19.3. The summed E-state index contributed by atoms with van der Waals surface area (Å²) in [6.45, 7) is 6.76. The van der Waals surface area contributed by atoms with E-state index < -0.39 is 0 Å². The molecule has 27 heavy (non-hydrogen) atoms. The number of nitrogens with zero attached hydrogens (tertiary/aromatic N) is 3. The lowest BCUT2D eigenvalue weighted by Gasteiger charge is -2.12. The van der Waals surface area contributed by atoms with E-state index in [0.29, 0.717) is 5.56 Å². The molecule has 0 aliphatic carbocycles.